The SMILES string of the molecule is [C-]#[N+]C(O)c1cccc2sc(C)nc12. The Morgan fingerprint density at radius 3 is 3.07 bits per heavy atom. The van der Waals surface area contributed by atoms with Gasteiger partial charge < -0.3 is 5.11 Å². The van der Waals surface area contributed by atoms with E-state index in [0.29, 0.717) is 5.56 Å². The van der Waals surface area contributed by atoms with Crippen LogP contribution in [0.2, 0.25) is 0 Å². The van der Waals surface area contributed by atoms with Crippen molar-refractivity contribution in [1.29, 1.82) is 0 Å². The fourth-order valence-corrected chi connectivity index (χ4v) is 2.22. The third-order valence-electron chi connectivity index (χ3n) is 1.96. The lowest BCUT2D eigenvalue weighted by atomic mass is 10.2. The lowest BCUT2D eigenvalue weighted by molar-refractivity contribution is 0.227. The second-order valence-corrected chi connectivity index (χ2v) is 4.16. The van der Waals surface area contributed by atoms with Crippen LogP contribution in [-0.4, -0.2) is 10.1 Å². The summed E-state index contributed by atoms with van der Waals surface area (Å²) in [5, 5.41) is 10.4. The molecule has 0 aliphatic heterocycles. The van der Waals surface area contributed by atoms with E-state index in [1.807, 2.05) is 19.1 Å². The molecule has 2 rings (SSSR count). The van der Waals surface area contributed by atoms with Crippen LogP contribution in [0.3, 0.4) is 0 Å². The van der Waals surface area contributed by atoms with E-state index < -0.39 is 6.23 Å². The summed E-state index contributed by atoms with van der Waals surface area (Å²) in [4.78, 5) is 7.39. The second-order valence-electron chi connectivity index (χ2n) is 2.93. The summed E-state index contributed by atoms with van der Waals surface area (Å²) in [7, 11) is 0. The average Bonchev–Trinajstić information content (AvgIpc) is 2.56. The van der Waals surface area contributed by atoms with Gasteiger partial charge in [0.1, 0.15) is 0 Å². The van der Waals surface area contributed by atoms with Gasteiger partial charge in [-0.1, -0.05) is 6.07 Å². The van der Waals surface area contributed by atoms with Gasteiger partial charge in [0, 0.05) is 0 Å². The number of aliphatic hydroxyl groups is 1. The number of rotatable bonds is 1. The quantitative estimate of drug-likeness (QED) is 0.725. The van der Waals surface area contributed by atoms with Crippen LogP contribution in [-0.2, 0) is 0 Å². The van der Waals surface area contributed by atoms with Gasteiger partial charge >= 0.3 is 6.23 Å². The monoisotopic (exact) mass is 204 g/mol. The first-order valence-corrected chi connectivity index (χ1v) is 4.94. The van der Waals surface area contributed by atoms with Crippen molar-refractivity contribution in [2.24, 2.45) is 0 Å². The molecular formula is C10H8N2OS. The molecule has 1 aromatic carbocycles. The van der Waals surface area contributed by atoms with Crippen molar-refractivity contribution in [2.75, 3.05) is 0 Å². The van der Waals surface area contributed by atoms with E-state index in [1.54, 1.807) is 17.4 Å². The fraction of sp³-hybridized carbons (Fsp3) is 0.200. The van der Waals surface area contributed by atoms with E-state index in [9.17, 15) is 5.11 Å². The minimum absolute atomic E-state index is 0.599. The van der Waals surface area contributed by atoms with Crippen molar-refractivity contribution in [2.45, 2.75) is 13.2 Å². The van der Waals surface area contributed by atoms with Crippen LogP contribution in [0.15, 0.2) is 18.2 Å². The molecule has 3 nitrogen and oxygen atoms in total. The molecule has 0 amide bonds. The molecule has 4 heteroatoms. The molecule has 70 valence electrons. The number of aromatic nitrogens is 1. The van der Waals surface area contributed by atoms with Crippen molar-refractivity contribution in [3.8, 4) is 0 Å². The van der Waals surface area contributed by atoms with Gasteiger partial charge in [-0.3, -0.25) is 4.85 Å². The van der Waals surface area contributed by atoms with E-state index in [2.05, 4.69) is 9.83 Å². The van der Waals surface area contributed by atoms with Crippen LogP contribution in [0.1, 0.15) is 16.8 Å². The van der Waals surface area contributed by atoms with Crippen molar-refractivity contribution in [3.05, 3.63) is 40.2 Å². The largest absolute Gasteiger partial charge is 0.354 e. The number of hydrogen-bond donors (Lipinski definition) is 1. The third kappa shape index (κ3) is 1.37. The average molecular weight is 204 g/mol. The highest BCUT2D eigenvalue weighted by molar-refractivity contribution is 7.18. The van der Waals surface area contributed by atoms with Crippen molar-refractivity contribution >= 4 is 21.6 Å². The van der Waals surface area contributed by atoms with Crippen LogP contribution < -0.4 is 0 Å². The molecule has 0 saturated heterocycles. The second kappa shape index (κ2) is 3.37. The zero-order chi connectivity index (χ0) is 10.1. The van der Waals surface area contributed by atoms with Crippen molar-refractivity contribution < 1.29 is 5.11 Å². The highest BCUT2D eigenvalue weighted by Crippen LogP contribution is 2.28. The van der Waals surface area contributed by atoms with Crippen LogP contribution in [0, 0.1) is 13.5 Å². The summed E-state index contributed by atoms with van der Waals surface area (Å²) in [6, 6.07) is 5.52. The Kier molecular flexibility index (Phi) is 2.20. The maximum atomic E-state index is 9.45. The first-order valence-electron chi connectivity index (χ1n) is 4.13. The molecule has 0 radical (unpaired) electrons. The topological polar surface area (TPSA) is 37.5 Å². The normalized spacial score (nSPS) is 12.6. The molecule has 2 aromatic rings. The van der Waals surface area contributed by atoms with Crippen LogP contribution in [0.4, 0.5) is 0 Å². The summed E-state index contributed by atoms with van der Waals surface area (Å²) < 4.78 is 1.02. The number of nitrogens with zero attached hydrogens (tertiary/aromatic N) is 2. The molecule has 1 heterocycles. The van der Waals surface area contributed by atoms with E-state index >= 15 is 0 Å². The predicted molar refractivity (Wildman–Crippen MR) is 55.9 cm³/mol. The number of para-hydroxylation sites is 1. The fourth-order valence-electron chi connectivity index (χ4n) is 1.36. The lowest BCUT2D eigenvalue weighted by Gasteiger charge is -1.98. The van der Waals surface area contributed by atoms with Crippen LogP contribution in [0.25, 0.3) is 15.1 Å². The number of aryl methyl sites for hydroxylation is 1. The van der Waals surface area contributed by atoms with E-state index in [-0.39, 0.29) is 0 Å². The first kappa shape index (κ1) is 9.13. The summed E-state index contributed by atoms with van der Waals surface area (Å²) in [5.41, 5.74) is 1.35. The van der Waals surface area contributed by atoms with Gasteiger partial charge in [-0.15, -0.1) is 11.3 Å². The number of fused-ring (bicyclic) bond motifs is 1. The Labute approximate surface area is 85.5 Å². The maximum absolute atomic E-state index is 9.45. The lowest BCUT2D eigenvalue weighted by Crippen LogP contribution is -1.91. The molecule has 0 saturated carbocycles. The smallest absolute Gasteiger partial charge is 0.322 e. The zero-order valence-corrected chi connectivity index (χ0v) is 8.38. The number of thiazole rings is 1. The molecule has 1 aromatic heterocycles. The molecule has 0 spiro atoms. The minimum Gasteiger partial charge on any atom is -0.322 e. The molecule has 0 fully saturated rings. The molecular weight excluding hydrogens is 196 g/mol. The van der Waals surface area contributed by atoms with E-state index in [0.717, 1.165) is 15.2 Å². The highest BCUT2D eigenvalue weighted by atomic mass is 32.1. The Balaban J connectivity index is 2.71. The Morgan fingerprint density at radius 1 is 1.57 bits per heavy atom. The summed E-state index contributed by atoms with van der Waals surface area (Å²) in [6.07, 6.45) is -1.10. The van der Waals surface area contributed by atoms with Gasteiger partial charge in [0.25, 0.3) is 0 Å². The minimum atomic E-state index is -1.10. The van der Waals surface area contributed by atoms with Gasteiger partial charge in [-0.05, 0) is 19.1 Å². The number of aliphatic hydroxyl groups excluding tert-OH is 1. The molecule has 14 heavy (non-hydrogen) atoms. The molecule has 0 aliphatic carbocycles. The Morgan fingerprint density at radius 2 is 2.36 bits per heavy atom. The molecule has 1 unspecified atom stereocenters. The van der Waals surface area contributed by atoms with E-state index in [1.165, 1.54) is 0 Å². The highest BCUT2D eigenvalue weighted by Gasteiger charge is 2.16. The maximum Gasteiger partial charge on any atom is 0.354 e. The Bertz CT molecular complexity index is 512. The summed E-state index contributed by atoms with van der Waals surface area (Å²) in [5.74, 6) is 0. The summed E-state index contributed by atoms with van der Waals surface area (Å²) >= 11 is 1.57. The predicted octanol–water partition coefficient (Wildman–Crippen LogP) is 2.51. The van der Waals surface area contributed by atoms with E-state index in [4.69, 9.17) is 6.57 Å². The first-order chi connectivity index (χ1) is 6.72. The van der Waals surface area contributed by atoms with Gasteiger partial charge in [-0.2, -0.15) is 0 Å². The van der Waals surface area contributed by atoms with Gasteiger partial charge in [-0.25, -0.2) is 11.6 Å². The van der Waals surface area contributed by atoms with Crippen molar-refractivity contribution in [3.63, 3.8) is 0 Å². The molecule has 1 N–H and O–H groups in total. The number of benzene rings is 1. The zero-order valence-electron chi connectivity index (χ0n) is 7.56. The van der Waals surface area contributed by atoms with Crippen LogP contribution in [0.5, 0.6) is 0 Å². The summed E-state index contributed by atoms with van der Waals surface area (Å²) in [6.45, 7) is 8.69. The standard InChI is InChI=1S/C10H8N2OS/c1-6-12-9-7(10(13)11-2)4-3-5-8(9)14-6/h3-5,10,13H,1H3. The van der Waals surface area contributed by atoms with Crippen LogP contribution >= 0.6 is 11.3 Å². The van der Waals surface area contributed by atoms with Gasteiger partial charge in [0.05, 0.1) is 20.8 Å². The number of hydrogen-bond acceptors (Lipinski definition) is 3. The Hall–Kier alpha value is -1.44. The van der Waals surface area contributed by atoms with Gasteiger partial charge in [0.2, 0.25) is 0 Å². The molecule has 0 bridgehead atoms. The molecule has 1 atom stereocenters. The third-order valence-corrected chi connectivity index (χ3v) is 2.89. The molecule has 0 aliphatic rings. The van der Waals surface area contributed by atoms with Gasteiger partial charge in [0.15, 0.2) is 0 Å². The van der Waals surface area contributed by atoms with Crippen molar-refractivity contribution in [1.82, 2.24) is 4.98 Å².